The van der Waals surface area contributed by atoms with Gasteiger partial charge in [0.15, 0.2) is 0 Å². The number of rotatable bonds is 4. The van der Waals surface area contributed by atoms with Crippen LogP contribution in [-0.4, -0.2) is 95.8 Å². The van der Waals surface area contributed by atoms with Crippen LogP contribution in [0, 0.1) is 0 Å². The van der Waals surface area contributed by atoms with Crippen LogP contribution in [0.1, 0.15) is 0 Å². The van der Waals surface area contributed by atoms with Crippen molar-refractivity contribution in [3.05, 3.63) is 0 Å². The van der Waals surface area contributed by atoms with E-state index in [2.05, 4.69) is 4.74 Å². The van der Waals surface area contributed by atoms with Gasteiger partial charge in [-0.3, -0.25) is 0 Å². The molecular weight excluding hydrogens is 268 g/mol. The Morgan fingerprint density at radius 2 is 1.74 bits per heavy atom. The van der Waals surface area contributed by atoms with Crippen molar-refractivity contribution in [2.24, 2.45) is 0 Å². The molecule has 0 aromatic rings. The van der Waals surface area contributed by atoms with E-state index in [0.29, 0.717) is 0 Å². The van der Waals surface area contributed by atoms with Crippen LogP contribution >= 0.6 is 0 Å². The summed E-state index contributed by atoms with van der Waals surface area (Å²) in [7, 11) is 0. The monoisotopic (exact) mass is 284 g/mol. The number of carbonyl (C=O) groups is 1. The van der Waals surface area contributed by atoms with E-state index >= 15 is 0 Å². The molecule has 112 valence electrons. The first kappa shape index (κ1) is 16.2. The number of aliphatic hydroxyl groups is 7. The second-order valence-corrected chi connectivity index (χ2v) is 4.25. The smallest absolute Gasteiger partial charge is 0.367 e. The number of carboxylic acids is 1. The Kier molecular flexibility index (Phi) is 4.81. The van der Waals surface area contributed by atoms with Crippen LogP contribution in [0.4, 0.5) is 0 Å². The molecule has 0 aromatic carbocycles. The fraction of sp³-hybridized carbons (Fsp3) is 0.889. The van der Waals surface area contributed by atoms with Gasteiger partial charge in [0.05, 0.1) is 6.61 Å². The van der Waals surface area contributed by atoms with Gasteiger partial charge in [-0.1, -0.05) is 0 Å². The van der Waals surface area contributed by atoms with Crippen molar-refractivity contribution < 1.29 is 50.4 Å². The number of carboxylic acid groups (broad SMARTS) is 1. The standard InChI is InChI=1S/C9H16O10/c10-1-2(11)3(12)6-4(13)5(14)7(15)9(18,19-6)8(16)17/h2-7,10-15,18H,1H2,(H,16,17)/t2?,3?,4-,5?,6?,7?,9+/m0/s1. The maximum atomic E-state index is 10.8. The first-order chi connectivity index (χ1) is 8.66. The van der Waals surface area contributed by atoms with Crippen molar-refractivity contribution in [2.75, 3.05) is 6.61 Å². The Balaban J connectivity index is 3.04. The van der Waals surface area contributed by atoms with Crippen LogP contribution < -0.4 is 0 Å². The summed E-state index contributed by atoms with van der Waals surface area (Å²) in [6, 6.07) is 0. The van der Waals surface area contributed by atoms with E-state index < -0.39 is 55.0 Å². The first-order valence-electron chi connectivity index (χ1n) is 5.31. The summed E-state index contributed by atoms with van der Waals surface area (Å²) in [5.74, 6) is -5.32. The lowest BCUT2D eigenvalue weighted by molar-refractivity contribution is -0.349. The van der Waals surface area contributed by atoms with E-state index in [1.165, 1.54) is 0 Å². The Bertz CT molecular complexity index is 331. The van der Waals surface area contributed by atoms with Crippen LogP contribution in [0.5, 0.6) is 0 Å². The fourth-order valence-corrected chi connectivity index (χ4v) is 1.74. The molecule has 5 unspecified atom stereocenters. The average molecular weight is 284 g/mol. The Morgan fingerprint density at radius 1 is 1.21 bits per heavy atom. The van der Waals surface area contributed by atoms with E-state index in [-0.39, 0.29) is 0 Å². The Morgan fingerprint density at radius 3 is 2.16 bits per heavy atom. The highest BCUT2D eigenvalue weighted by Crippen LogP contribution is 2.30. The normalized spacial score (nSPS) is 42.7. The van der Waals surface area contributed by atoms with Crippen molar-refractivity contribution in [1.29, 1.82) is 0 Å². The molecule has 19 heavy (non-hydrogen) atoms. The highest BCUT2D eigenvalue weighted by atomic mass is 16.7. The molecule has 0 aromatic heterocycles. The molecule has 0 aliphatic carbocycles. The molecule has 1 aliphatic heterocycles. The quantitative estimate of drug-likeness (QED) is 0.248. The lowest BCUT2D eigenvalue weighted by Crippen LogP contribution is -2.70. The minimum Gasteiger partial charge on any atom is -0.477 e. The van der Waals surface area contributed by atoms with Gasteiger partial charge in [0.2, 0.25) is 0 Å². The van der Waals surface area contributed by atoms with Gasteiger partial charge in [0, 0.05) is 0 Å². The topological polar surface area (TPSA) is 188 Å². The van der Waals surface area contributed by atoms with Gasteiger partial charge in [-0.2, -0.15) is 0 Å². The molecule has 0 radical (unpaired) electrons. The summed E-state index contributed by atoms with van der Waals surface area (Å²) in [5, 5.41) is 74.1. The minimum atomic E-state index is -3.26. The second kappa shape index (κ2) is 5.64. The van der Waals surface area contributed by atoms with Crippen LogP contribution in [0.2, 0.25) is 0 Å². The van der Waals surface area contributed by atoms with Crippen molar-refractivity contribution in [3.8, 4) is 0 Å². The average Bonchev–Trinajstić information content (AvgIpc) is 2.38. The molecule has 1 fully saturated rings. The SMILES string of the molecule is O=C(O)[C@]1(O)OC(C(O)C(O)CO)[C@@H](O)C(O)C1O. The van der Waals surface area contributed by atoms with E-state index in [4.69, 9.17) is 10.2 Å². The van der Waals surface area contributed by atoms with E-state index in [1.807, 2.05) is 0 Å². The van der Waals surface area contributed by atoms with Gasteiger partial charge in [-0.25, -0.2) is 4.79 Å². The van der Waals surface area contributed by atoms with Crippen molar-refractivity contribution >= 4 is 5.97 Å². The first-order valence-corrected chi connectivity index (χ1v) is 5.31. The number of aliphatic hydroxyl groups excluding tert-OH is 6. The van der Waals surface area contributed by atoms with E-state index in [1.54, 1.807) is 0 Å². The van der Waals surface area contributed by atoms with Gasteiger partial charge in [0.25, 0.3) is 5.79 Å². The van der Waals surface area contributed by atoms with Gasteiger partial charge in [-0.15, -0.1) is 0 Å². The fourth-order valence-electron chi connectivity index (χ4n) is 1.74. The summed E-state index contributed by atoms with van der Waals surface area (Å²) in [4.78, 5) is 10.8. The minimum absolute atomic E-state index is 0.933. The summed E-state index contributed by atoms with van der Waals surface area (Å²) < 4.78 is 4.49. The zero-order valence-electron chi connectivity index (χ0n) is 9.57. The third-order valence-corrected chi connectivity index (χ3v) is 2.95. The van der Waals surface area contributed by atoms with Crippen LogP contribution in [0.25, 0.3) is 0 Å². The third-order valence-electron chi connectivity index (χ3n) is 2.95. The molecule has 0 bridgehead atoms. The van der Waals surface area contributed by atoms with Gasteiger partial charge in [-0.05, 0) is 0 Å². The Labute approximate surface area is 106 Å². The predicted octanol–water partition coefficient (Wildman–Crippen LogP) is -5.04. The molecule has 1 rings (SSSR count). The summed E-state index contributed by atoms with van der Waals surface area (Å²) in [5.41, 5.74) is 0. The summed E-state index contributed by atoms with van der Waals surface area (Å²) >= 11 is 0. The van der Waals surface area contributed by atoms with Crippen LogP contribution in [0.15, 0.2) is 0 Å². The van der Waals surface area contributed by atoms with Crippen molar-refractivity contribution in [2.45, 2.75) is 42.4 Å². The molecule has 0 spiro atoms. The van der Waals surface area contributed by atoms with Gasteiger partial charge in [0.1, 0.15) is 36.6 Å². The van der Waals surface area contributed by atoms with Crippen molar-refractivity contribution in [3.63, 3.8) is 0 Å². The highest BCUT2D eigenvalue weighted by molar-refractivity contribution is 5.76. The molecule has 0 saturated carbocycles. The number of hydrogen-bond donors (Lipinski definition) is 8. The zero-order valence-corrected chi connectivity index (χ0v) is 9.57. The molecule has 1 aliphatic rings. The molecule has 1 saturated heterocycles. The maximum absolute atomic E-state index is 10.8. The van der Waals surface area contributed by atoms with Gasteiger partial charge >= 0.3 is 5.97 Å². The maximum Gasteiger partial charge on any atom is 0.367 e. The molecular formula is C9H16O10. The largest absolute Gasteiger partial charge is 0.477 e. The molecule has 10 heteroatoms. The Hall–Kier alpha value is -0.850. The van der Waals surface area contributed by atoms with E-state index in [0.717, 1.165) is 0 Å². The summed E-state index contributed by atoms with van der Waals surface area (Å²) in [6.07, 6.45) is -12.2. The predicted molar refractivity (Wildman–Crippen MR) is 54.6 cm³/mol. The van der Waals surface area contributed by atoms with Crippen LogP contribution in [0.3, 0.4) is 0 Å². The molecule has 1 heterocycles. The van der Waals surface area contributed by atoms with Crippen molar-refractivity contribution in [1.82, 2.24) is 0 Å². The van der Waals surface area contributed by atoms with Gasteiger partial charge < -0.3 is 45.6 Å². The highest BCUT2D eigenvalue weighted by Gasteiger charge is 2.59. The summed E-state index contributed by atoms with van der Waals surface area (Å²) in [6.45, 7) is -0.933. The van der Waals surface area contributed by atoms with E-state index in [9.17, 15) is 35.4 Å². The number of aliphatic carboxylic acids is 1. The molecule has 10 nitrogen and oxygen atoms in total. The molecule has 0 amide bonds. The lowest BCUT2D eigenvalue weighted by Gasteiger charge is -2.45. The lowest BCUT2D eigenvalue weighted by atomic mass is 9.89. The molecule has 8 N–H and O–H groups in total. The zero-order chi connectivity index (χ0) is 15.0. The third kappa shape index (κ3) is 2.70. The number of ether oxygens (including phenoxy) is 1. The van der Waals surface area contributed by atoms with Crippen LogP contribution in [-0.2, 0) is 9.53 Å². The molecule has 7 atom stereocenters. The second-order valence-electron chi connectivity index (χ2n) is 4.25. The number of hydrogen-bond acceptors (Lipinski definition) is 9.